The van der Waals surface area contributed by atoms with Crippen molar-refractivity contribution in [2.45, 2.75) is 25.4 Å². The molecule has 36 heavy (non-hydrogen) atoms. The summed E-state index contributed by atoms with van der Waals surface area (Å²) >= 11 is 0. The van der Waals surface area contributed by atoms with Crippen molar-refractivity contribution < 1.29 is 23.5 Å². The van der Waals surface area contributed by atoms with Gasteiger partial charge in [0.15, 0.2) is 0 Å². The van der Waals surface area contributed by atoms with Crippen LogP contribution in [0.1, 0.15) is 35.0 Å². The second-order valence-corrected chi connectivity index (χ2v) is 8.54. The third-order valence-electron chi connectivity index (χ3n) is 6.47. The second kappa shape index (κ2) is 9.17. The SMILES string of the molecule is CC[C@@](CN1Cc2ccc(OC)cc2C1=O)(NC(=O)NC=O)c1cc2cnc(-c3cn[nH]c3)cc2o1. The molecule has 4 amide bonds. The van der Waals surface area contributed by atoms with Crippen LogP contribution in [0.15, 0.2) is 53.3 Å². The van der Waals surface area contributed by atoms with Gasteiger partial charge in [0.05, 0.1) is 25.5 Å². The molecule has 0 saturated carbocycles. The van der Waals surface area contributed by atoms with E-state index < -0.39 is 11.6 Å². The lowest BCUT2D eigenvalue weighted by Gasteiger charge is -2.35. The Morgan fingerprint density at radius 2 is 2.17 bits per heavy atom. The number of aromatic nitrogens is 3. The summed E-state index contributed by atoms with van der Waals surface area (Å²) in [7, 11) is 1.55. The van der Waals surface area contributed by atoms with Crippen LogP contribution in [-0.2, 0) is 16.9 Å². The highest BCUT2D eigenvalue weighted by atomic mass is 16.5. The number of imide groups is 1. The number of pyridine rings is 1. The van der Waals surface area contributed by atoms with Gasteiger partial charge in [-0.15, -0.1) is 0 Å². The van der Waals surface area contributed by atoms with E-state index in [1.807, 2.05) is 19.1 Å². The maximum Gasteiger partial charge on any atom is 0.322 e. The van der Waals surface area contributed by atoms with Gasteiger partial charge in [0.2, 0.25) is 6.41 Å². The van der Waals surface area contributed by atoms with Gasteiger partial charge in [-0.05, 0) is 30.2 Å². The minimum Gasteiger partial charge on any atom is -0.497 e. The first-order valence-electron chi connectivity index (χ1n) is 11.3. The third kappa shape index (κ3) is 4.04. The number of nitrogens with zero attached hydrogens (tertiary/aromatic N) is 3. The number of amides is 4. The lowest BCUT2D eigenvalue weighted by molar-refractivity contribution is -0.108. The molecule has 1 aliphatic rings. The minimum atomic E-state index is -1.12. The van der Waals surface area contributed by atoms with Crippen molar-refractivity contribution in [2.75, 3.05) is 13.7 Å². The van der Waals surface area contributed by atoms with E-state index in [1.165, 1.54) is 0 Å². The maximum atomic E-state index is 13.3. The zero-order valence-electron chi connectivity index (χ0n) is 19.7. The van der Waals surface area contributed by atoms with E-state index in [-0.39, 0.29) is 12.5 Å². The van der Waals surface area contributed by atoms with Crippen molar-refractivity contribution in [1.29, 1.82) is 0 Å². The average molecular weight is 489 g/mol. The van der Waals surface area contributed by atoms with Gasteiger partial charge < -0.3 is 19.4 Å². The zero-order chi connectivity index (χ0) is 25.3. The fraction of sp³-hybridized carbons (Fsp3) is 0.240. The number of urea groups is 1. The number of rotatable bonds is 8. The van der Waals surface area contributed by atoms with Crippen LogP contribution in [0.25, 0.3) is 22.2 Å². The summed E-state index contributed by atoms with van der Waals surface area (Å²) in [6, 6.07) is 8.26. The fourth-order valence-electron chi connectivity index (χ4n) is 4.50. The standard InChI is InChI=1S/C25H24N6O5/c1-3-25(30-24(34)27-14-32,13-31-12-15-4-5-18(35-2)7-19(15)23(31)33)22-6-16-9-26-20(8-21(16)36-22)17-10-28-29-11-17/h4-11,14H,3,12-13H2,1-2H3,(H,28,29)(H2,27,30,32,34)/t25-/m0/s1. The number of carbonyl (C=O) groups is 3. The largest absolute Gasteiger partial charge is 0.497 e. The van der Waals surface area contributed by atoms with Gasteiger partial charge >= 0.3 is 6.03 Å². The highest BCUT2D eigenvalue weighted by molar-refractivity contribution is 5.99. The molecule has 3 aromatic heterocycles. The highest BCUT2D eigenvalue weighted by Gasteiger charge is 2.41. The first-order chi connectivity index (χ1) is 17.5. The Bertz CT molecular complexity index is 1450. The van der Waals surface area contributed by atoms with Crippen molar-refractivity contribution in [3.05, 3.63) is 65.8 Å². The summed E-state index contributed by atoms with van der Waals surface area (Å²) in [6.07, 6.45) is 5.75. The van der Waals surface area contributed by atoms with Gasteiger partial charge in [0.1, 0.15) is 22.6 Å². The van der Waals surface area contributed by atoms with Crippen molar-refractivity contribution in [3.63, 3.8) is 0 Å². The normalized spacial score (nSPS) is 14.4. The number of furan rings is 1. The predicted octanol–water partition coefficient (Wildman–Crippen LogP) is 2.94. The molecule has 0 saturated heterocycles. The zero-order valence-corrected chi connectivity index (χ0v) is 19.7. The van der Waals surface area contributed by atoms with Crippen LogP contribution < -0.4 is 15.4 Å². The number of nitrogens with one attached hydrogen (secondary N) is 3. The van der Waals surface area contributed by atoms with Crippen molar-refractivity contribution in [1.82, 2.24) is 30.7 Å². The molecule has 1 atom stereocenters. The Morgan fingerprint density at radius 1 is 1.31 bits per heavy atom. The van der Waals surface area contributed by atoms with E-state index >= 15 is 0 Å². The van der Waals surface area contributed by atoms with Crippen LogP contribution in [0.2, 0.25) is 0 Å². The molecule has 0 fully saturated rings. The molecular formula is C25H24N6O5. The number of methoxy groups -OCH3 is 1. The Labute approximate surface area is 205 Å². The minimum absolute atomic E-state index is 0.118. The summed E-state index contributed by atoms with van der Waals surface area (Å²) in [5.74, 6) is 0.847. The number of carbonyl (C=O) groups excluding carboxylic acids is 3. The maximum absolute atomic E-state index is 13.3. The number of benzene rings is 1. The monoisotopic (exact) mass is 488 g/mol. The number of ether oxygens (including phenoxy) is 1. The molecule has 11 heteroatoms. The van der Waals surface area contributed by atoms with Crippen LogP contribution in [0.5, 0.6) is 5.75 Å². The van der Waals surface area contributed by atoms with Gasteiger partial charge in [-0.25, -0.2) is 4.79 Å². The van der Waals surface area contributed by atoms with Gasteiger partial charge in [-0.1, -0.05) is 13.0 Å². The Kier molecular flexibility index (Phi) is 5.88. The van der Waals surface area contributed by atoms with Crippen molar-refractivity contribution >= 4 is 29.3 Å². The quantitative estimate of drug-likeness (QED) is 0.324. The van der Waals surface area contributed by atoms with Crippen LogP contribution in [0, 0.1) is 0 Å². The number of hydrogen-bond donors (Lipinski definition) is 3. The van der Waals surface area contributed by atoms with Crippen molar-refractivity contribution in [3.8, 4) is 17.0 Å². The number of hydrogen-bond acceptors (Lipinski definition) is 7. The number of fused-ring (bicyclic) bond motifs is 2. The Morgan fingerprint density at radius 3 is 2.89 bits per heavy atom. The molecule has 1 aliphatic heterocycles. The molecule has 11 nitrogen and oxygen atoms in total. The second-order valence-electron chi connectivity index (χ2n) is 8.54. The van der Waals surface area contributed by atoms with Crippen LogP contribution in [0.3, 0.4) is 0 Å². The first kappa shape index (κ1) is 23.1. The van der Waals surface area contributed by atoms with Gasteiger partial charge in [-0.3, -0.25) is 25.0 Å². The molecule has 184 valence electrons. The van der Waals surface area contributed by atoms with E-state index in [9.17, 15) is 14.4 Å². The highest BCUT2D eigenvalue weighted by Crippen LogP contribution is 2.35. The molecule has 0 aliphatic carbocycles. The van der Waals surface area contributed by atoms with E-state index in [4.69, 9.17) is 9.15 Å². The lowest BCUT2D eigenvalue weighted by atomic mass is 9.91. The predicted molar refractivity (Wildman–Crippen MR) is 129 cm³/mol. The molecular weight excluding hydrogens is 464 g/mol. The van der Waals surface area contributed by atoms with Crippen LogP contribution in [-0.4, -0.2) is 52.1 Å². The summed E-state index contributed by atoms with van der Waals surface area (Å²) in [5, 5.41) is 12.4. The fourth-order valence-corrected chi connectivity index (χ4v) is 4.50. The van der Waals surface area contributed by atoms with Gasteiger partial charge in [-0.2, -0.15) is 5.10 Å². The number of aromatic amines is 1. The molecule has 0 bridgehead atoms. The number of H-pyrrole nitrogens is 1. The molecule has 5 rings (SSSR count). The van der Waals surface area contributed by atoms with Crippen molar-refractivity contribution in [2.24, 2.45) is 0 Å². The van der Waals surface area contributed by atoms with E-state index in [0.29, 0.717) is 47.7 Å². The Balaban J connectivity index is 1.53. The Hall–Kier alpha value is -4.67. The van der Waals surface area contributed by atoms with Crippen LogP contribution >= 0.6 is 0 Å². The summed E-state index contributed by atoms with van der Waals surface area (Å²) < 4.78 is 11.5. The van der Waals surface area contributed by atoms with E-state index in [2.05, 4.69) is 25.8 Å². The van der Waals surface area contributed by atoms with Gasteiger partial charge in [0, 0.05) is 41.5 Å². The molecule has 0 unspecified atom stereocenters. The smallest absolute Gasteiger partial charge is 0.322 e. The molecule has 4 heterocycles. The topological polar surface area (TPSA) is 142 Å². The molecule has 0 spiro atoms. The van der Waals surface area contributed by atoms with E-state index in [0.717, 1.165) is 16.5 Å². The summed E-state index contributed by atoms with van der Waals surface area (Å²) in [4.78, 5) is 42.9. The molecule has 3 N–H and O–H groups in total. The van der Waals surface area contributed by atoms with Crippen LogP contribution in [0.4, 0.5) is 4.79 Å². The molecule has 1 aromatic carbocycles. The summed E-state index contributed by atoms with van der Waals surface area (Å²) in [5.41, 5.74) is 2.33. The molecule has 4 aromatic rings. The van der Waals surface area contributed by atoms with Gasteiger partial charge in [0.25, 0.3) is 5.91 Å². The average Bonchev–Trinajstić information content (AvgIpc) is 3.63. The summed E-state index contributed by atoms with van der Waals surface area (Å²) in [6.45, 7) is 2.36. The van der Waals surface area contributed by atoms with E-state index in [1.54, 1.807) is 48.8 Å². The lowest BCUT2D eigenvalue weighted by Crippen LogP contribution is -2.55. The first-order valence-corrected chi connectivity index (χ1v) is 11.3. The molecule has 0 radical (unpaired) electrons. The third-order valence-corrected chi connectivity index (χ3v) is 6.47.